The number of rotatable bonds is 2. The maximum atomic E-state index is 12.2. The monoisotopic (exact) mass is 220 g/mol. The predicted molar refractivity (Wildman–Crippen MR) is 60.1 cm³/mol. The summed E-state index contributed by atoms with van der Waals surface area (Å²) in [5.41, 5.74) is 1.39. The van der Waals surface area contributed by atoms with Crippen LogP contribution in [0.15, 0.2) is 18.3 Å². The normalized spacial score (nSPS) is 20.1. The van der Waals surface area contributed by atoms with Gasteiger partial charge in [-0.05, 0) is 31.9 Å². The van der Waals surface area contributed by atoms with E-state index in [9.17, 15) is 9.90 Å². The van der Waals surface area contributed by atoms with E-state index in [0.29, 0.717) is 5.56 Å². The fourth-order valence-electron chi connectivity index (χ4n) is 2.16. The minimum atomic E-state index is -0.0212. The lowest BCUT2D eigenvalue weighted by atomic mass is 10.1. The number of pyridine rings is 1. The number of hydrogen-bond donors (Lipinski definition) is 1. The second-order valence-electron chi connectivity index (χ2n) is 4.11. The zero-order chi connectivity index (χ0) is 11.5. The number of aromatic nitrogens is 1. The van der Waals surface area contributed by atoms with Crippen LogP contribution in [0.3, 0.4) is 0 Å². The Kier molecular flexibility index (Phi) is 3.19. The zero-order valence-corrected chi connectivity index (χ0v) is 9.39. The summed E-state index contributed by atoms with van der Waals surface area (Å²) in [5, 5.41) is 9.19. The summed E-state index contributed by atoms with van der Waals surface area (Å²) >= 11 is 0. The van der Waals surface area contributed by atoms with Crippen LogP contribution in [0.5, 0.6) is 0 Å². The Morgan fingerprint density at radius 2 is 2.50 bits per heavy atom. The molecule has 2 heterocycles. The number of carbonyl (C=O) groups excluding carboxylic acids is 1. The van der Waals surface area contributed by atoms with Gasteiger partial charge in [0.05, 0.1) is 18.2 Å². The molecule has 2 rings (SSSR count). The van der Waals surface area contributed by atoms with Crippen LogP contribution in [-0.2, 0) is 0 Å². The van der Waals surface area contributed by atoms with Crippen LogP contribution in [0.4, 0.5) is 0 Å². The molecule has 0 aliphatic carbocycles. The Morgan fingerprint density at radius 3 is 3.19 bits per heavy atom. The summed E-state index contributed by atoms with van der Waals surface area (Å²) in [6, 6.07) is 3.54. The van der Waals surface area contributed by atoms with E-state index in [1.54, 1.807) is 23.2 Å². The summed E-state index contributed by atoms with van der Waals surface area (Å²) in [5.74, 6) is -0.0119. The Hall–Kier alpha value is -1.42. The van der Waals surface area contributed by atoms with Crippen molar-refractivity contribution in [1.82, 2.24) is 9.88 Å². The molecule has 1 atom stereocenters. The molecule has 0 unspecified atom stereocenters. The quantitative estimate of drug-likeness (QED) is 0.808. The summed E-state index contributed by atoms with van der Waals surface area (Å²) in [4.78, 5) is 18.1. The maximum Gasteiger partial charge on any atom is 0.256 e. The maximum absolute atomic E-state index is 12.2. The number of carbonyl (C=O) groups is 1. The number of aliphatic hydroxyl groups is 1. The molecule has 16 heavy (non-hydrogen) atoms. The van der Waals surface area contributed by atoms with E-state index in [2.05, 4.69) is 4.98 Å². The number of aryl methyl sites for hydroxylation is 1. The summed E-state index contributed by atoms with van der Waals surface area (Å²) in [6.45, 7) is 2.61. The van der Waals surface area contributed by atoms with Gasteiger partial charge in [0.1, 0.15) is 0 Å². The van der Waals surface area contributed by atoms with Crippen molar-refractivity contribution >= 4 is 5.91 Å². The predicted octanol–water partition coefficient (Wildman–Crippen LogP) is 0.987. The molecule has 1 aromatic rings. The van der Waals surface area contributed by atoms with Crippen LogP contribution in [0.2, 0.25) is 0 Å². The van der Waals surface area contributed by atoms with Crippen LogP contribution in [0, 0.1) is 6.92 Å². The molecule has 0 spiro atoms. The third-order valence-corrected chi connectivity index (χ3v) is 3.09. The molecule has 0 aromatic carbocycles. The topological polar surface area (TPSA) is 53.4 Å². The van der Waals surface area contributed by atoms with Crippen molar-refractivity contribution in [2.45, 2.75) is 25.8 Å². The molecule has 1 N–H and O–H groups in total. The molecule has 1 aliphatic heterocycles. The molecule has 4 heteroatoms. The minimum Gasteiger partial charge on any atom is -0.394 e. The van der Waals surface area contributed by atoms with Crippen LogP contribution in [0.25, 0.3) is 0 Å². The highest BCUT2D eigenvalue weighted by Crippen LogP contribution is 2.20. The summed E-state index contributed by atoms with van der Waals surface area (Å²) < 4.78 is 0. The minimum absolute atomic E-state index is 0.0119. The van der Waals surface area contributed by atoms with E-state index < -0.39 is 0 Å². The van der Waals surface area contributed by atoms with Crippen LogP contribution < -0.4 is 0 Å². The Morgan fingerprint density at radius 1 is 1.69 bits per heavy atom. The first-order valence-electron chi connectivity index (χ1n) is 5.57. The first-order chi connectivity index (χ1) is 7.74. The average molecular weight is 220 g/mol. The van der Waals surface area contributed by atoms with Crippen molar-refractivity contribution in [3.63, 3.8) is 0 Å². The van der Waals surface area contributed by atoms with E-state index in [1.807, 2.05) is 6.92 Å². The van der Waals surface area contributed by atoms with Crippen molar-refractivity contribution in [1.29, 1.82) is 0 Å². The Labute approximate surface area is 94.9 Å². The number of likely N-dealkylation sites (tertiary alicyclic amines) is 1. The standard InChI is InChI=1S/C12H16N2O2/c1-9-11(5-2-6-13-9)12(16)14-7-3-4-10(14)8-15/h2,5-6,10,15H,3-4,7-8H2,1H3/t10-/m1/s1. The largest absolute Gasteiger partial charge is 0.394 e. The highest BCUT2D eigenvalue weighted by molar-refractivity contribution is 5.95. The van der Waals surface area contributed by atoms with Crippen molar-refractivity contribution in [2.75, 3.05) is 13.2 Å². The number of nitrogens with zero attached hydrogens (tertiary/aromatic N) is 2. The van der Waals surface area contributed by atoms with Gasteiger partial charge in [0.15, 0.2) is 0 Å². The van der Waals surface area contributed by atoms with Gasteiger partial charge in [-0.15, -0.1) is 0 Å². The Bertz CT molecular complexity index is 392. The van der Waals surface area contributed by atoms with Gasteiger partial charge in [-0.2, -0.15) is 0 Å². The van der Waals surface area contributed by atoms with Crippen molar-refractivity contribution in [3.05, 3.63) is 29.6 Å². The lowest BCUT2D eigenvalue weighted by molar-refractivity contribution is 0.0676. The van der Waals surface area contributed by atoms with Crippen LogP contribution in [-0.4, -0.2) is 40.1 Å². The first kappa shape index (κ1) is 11.1. The second kappa shape index (κ2) is 4.61. The summed E-state index contributed by atoms with van der Waals surface area (Å²) in [7, 11) is 0. The van der Waals surface area contributed by atoms with Gasteiger partial charge in [0.2, 0.25) is 0 Å². The molecule has 1 aliphatic rings. The number of hydrogen-bond acceptors (Lipinski definition) is 3. The zero-order valence-electron chi connectivity index (χ0n) is 9.39. The van der Waals surface area contributed by atoms with E-state index in [-0.39, 0.29) is 18.6 Å². The van der Waals surface area contributed by atoms with Gasteiger partial charge in [0, 0.05) is 18.4 Å². The lowest BCUT2D eigenvalue weighted by Crippen LogP contribution is -2.38. The molecule has 4 nitrogen and oxygen atoms in total. The molecule has 86 valence electrons. The highest BCUT2D eigenvalue weighted by Gasteiger charge is 2.29. The molecule has 0 saturated carbocycles. The molecular weight excluding hydrogens is 204 g/mol. The summed E-state index contributed by atoms with van der Waals surface area (Å²) in [6.07, 6.45) is 3.54. The van der Waals surface area contributed by atoms with E-state index >= 15 is 0 Å². The van der Waals surface area contributed by atoms with Gasteiger partial charge in [-0.3, -0.25) is 9.78 Å². The lowest BCUT2D eigenvalue weighted by Gasteiger charge is -2.23. The van der Waals surface area contributed by atoms with Crippen molar-refractivity contribution < 1.29 is 9.90 Å². The molecule has 0 radical (unpaired) electrons. The molecule has 0 bridgehead atoms. The van der Waals surface area contributed by atoms with Gasteiger partial charge in [-0.1, -0.05) is 0 Å². The molecule has 1 aromatic heterocycles. The van der Waals surface area contributed by atoms with Gasteiger partial charge in [0.25, 0.3) is 5.91 Å². The number of aliphatic hydroxyl groups excluding tert-OH is 1. The fraction of sp³-hybridized carbons (Fsp3) is 0.500. The van der Waals surface area contributed by atoms with Gasteiger partial charge in [-0.25, -0.2) is 0 Å². The Balaban J connectivity index is 2.22. The molecule has 1 amide bonds. The average Bonchev–Trinajstić information content (AvgIpc) is 2.77. The second-order valence-corrected chi connectivity index (χ2v) is 4.11. The third kappa shape index (κ3) is 1.93. The molecule has 1 fully saturated rings. The van der Waals surface area contributed by atoms with E-state index in [4.69, 9.17) is 0 Å². The third-order valence-electron chi connectivity index (χ3n) is 3.09. The van der Waals surface area contributed by atoms with Crippen molar-refractivity contribution in [2.24, 2.45) is 0 Å². The van der Waals surface area contributed by atoms with Crippen LogP contribution in [0.1, 0.15) is 28.9 Å². The van der Waals surface area contributed by atoms with Gasteiger partial charge < -0.3 is 10.0 Å². The smallest absolute Gasteiger partial charge is 0.256 e. The van der Waals surface area contributed by atoms with Gasteiger partial charge >= 0.3 is 0 Å². The van der Waals surface area contributed by atoms with Crippen molar-refractivity contribution in [3.8, 4) is 0 Å². The molecular formula is C12H16N2O2. The SMILES string of the molecule is Cc1ncccc1C(=O)N1CCC[C@@H]1CO. The first-order valence-corrected chi connectivity index (χ1v) is 5.57. The molecule has 1 saturated heterocycles. The van der Waals surface area contributed by atoms with Crippen LogP contribution >= 0.6 is 0 Å². The number of amides is 1. The van der Waals surface area contributed by atoms with E-state index in [0.717, 1.165) is 25.1 Å². The van der Waals surface area contributed by atoms with E-state index in [1.165, 1.54) is 0 Å². The fourth-order valence-corrected chi connectivity index (χ4v) is 2.16. The highest BCUT2D eigenvalue weighted by atomic mass is 16.3.